The fourth-order valence-corrected chi connectivity index (χ4v) is 2.08. The van der Waals surface area contributed by atoms with E-state index in [0.717, 1.165) is 19.1 Å². The van der Waals surface area contributed by atoms with Crippen LogP contribution in [0.3, 0.4) is 0 Å². The van der Waals surface area contributed by atoms with Crippen molar-refractivity contribution in [2.24, 2.45) is 5.73 Å². The van der Waals surface area contributed by atoms with Gasteiger partial charge in [0.05, 0.1) is 0 Å². The minimum absolute atomic E-state index is 0.297. The van der Waals surface area contributed by atoms with Gasteiger partial charge in [-0.25, -0.2) is 0 Å². The number of likely N-dealkylation sites (N-methyl/N-ethyl adjacent to an activating group) is 1. The fraction of sp³-hybridized carbons (Fsp3) is 1.00. The van der Waals surface area contributed by atoms with Gasteiger partial charge >= 0.3 is 0 Å². The Labute approximate surface area is 89.9 Å². The molecule has 0 saturated heterocycles. The predicted molar refractivity (Wildman–Crippen MR) is 64.5 cm³/mol. The van der Waals surface area contributed by atoms with E-state index in [2.05, 4.69) is 32.6 Å². The molecule has 0 fully saturated rings. The topological polar surface area (TPSA) is 29.3 Å². The molecule has 0 aromatic heterocycles. The van der Waals surface area contributed by atoms with Crippen molar-refractivity contribution in [1.29, 1.82) is 0 Å². The fourth-order valence-electron chi connectivity index (χ4n) is 2.08. The molecule has 0 radical (unpaired) electrons. The number of nitrogens with two attached hydrogens (primary N) is 1. The first-order valence-corrected chi connectivity index (χ1v) is 6.15. The Kier molecular flexibility index (Phi) is 8.20. The summed E-state index contributed by atoms with van der Waals surface area (Å²) in [6.07, 6.45) is 5.18. The first kappa shape index (κ1) is 13.9. The third-order valence-corrected chi connectivity index (χ3v) is 2.69. The van der Waals surface area contributed by atoms with Crippen molar-refractivity contribution in [3.05, 3.63) is 0 Å². The average molecular weight is 200 g/mol. The van der Waals surface area contributed by atoms with E-state index in [-0.39, 0.29) is 0 Å². The van der Waals surface area contributed by atoms with Crippen molar-refractivity contribution in [3.8, 4) is 0 Å². The highest BCUT2D eigenvalue weighted by Crippen LogP contribution is 2.13. The summed E-state index contributed by atoms with van der Waals surface area (Å²) in [5.74, 6) is 0. The highest BCUT2D eigenvalue weighted by molar-refractivity contribution is 4.73. The highest BCUT2D eigenvalue weighted by Gasteiger charge is 2.15. The third kappa shape index (κ3) is 5.61. The van der Waals surface area contributed by atoms with E-state index in [1.54, 1.807) is 0 Å². The molecule has 0 heterocycles. The second-order valence-electron chi connectivity index (χ2n) is 4.30. The van der Waals surface area contributed by atoms with Crippen molar-refractivity contribution in [2.75, 3.05) is 13.1 Å². The Bertz CT molecular complexity index is 117. The summed E-state index contributed by atoms with van der Waals surface area (Å²) in [6, 6.07) is 1.05. The van der Waals surface area contributed by atoms with Crippen molar-refractivity contribution in [2.45, 2.75) is 65.5 Å². The van der Waals surface area contributed by atoms with Gasteiger partial charge in [0, 0.05) is 18.6 Å². The smallest absolute Gasteiger partial charge is 0.0139 e. The molecule has 0 aromatic carbocycles. The van der Waals surface area contributed by atoms with E-state index >= 15 is 0 Å². The van der Waals surface area contributed by atoms with Crippen LogP contribution in [0.25, 0.3) is 0 Å². The zero-order valence-electron chi connectivity index (χ0n) is 10.4. The third-order valence-electron chi connectivity index (χ3n) is 2.69. The summed E-state index contributed by atoms with van der Waals surface area (Å²) < 4.78 is 0. The Hall–Kier alpha value is -0.0800. The molecule has 0 amide bonds. The van der Waals surface area contributed by atoms with Crippen molar-refractivity contribution < 1.29 is 0 Å². The van der Waals surface area contributed by atoms with Crippen LogP contribution in [0.5, 0.6) is 0 Å². The van der Waals surface area contributed by atoms with Gasteiger partial charge in [0.2, 0.25) is 0 Å². The van der Waals surface area contributed by atoms with Gasteiger partial charge in [0.15, 0.2) is 0 Å². The lowest BCUT2D eigenvalue weighted by Gasteiger charge is -2.31. The molecule has 1 unspecified atom stereocenters. The highest BCUT2D eigenvalue weighted by atomic mass is 15.2. The molecule has 14 heavy (non-hydrogen) atoms. The molecule has 0 aromatic rings. The van der Waals surface area contributed by atoms with E-state index in [4.69, 9.17) is 5.73 Å². The predicted octanol–water partition coefficient (Wildman–Crippen LogP) is 2.62. The van der Waals surface area contributed by atoms with E-state index in [1.807, 2.05) is 0 Å². The van der Waals surface area contributed by atoms with Crippen LogP contribution in [-0.2, 0) is 0 Å². The van der Waals surface area contributed by atoms with Gasteiger partial charge < -0.3 is 5.73 Å². The lowest BCUT2D eigenvalue weighted by molar-refractivity contribution is 0.176. The first-order chi connectivity index (χ1) is 6.65. The van der Waals surface area contributed by atoms with Gasteiger partial charge in [-0.3, -0.25) is 4.90 Å². The Morgan fingerprint density at radius 2 is 1.57 bits per heavy atom. The molecule has 2 nitrogen and oxygen atoms in total. The van der Waals surface area contributed by atoms with Gasteiger partial charge in [-0.15, -0.1) is 0 Å². The van der Waals surface area contributed by atoms with Crippen LogP contribution in [-0.4, -0.2) is 30.1 Å². The molecule has 0 saturated carbocycles. The second kappa shape index (κ2) is 8.25. The Morgan fingerprint density at radius 3 is 1.86 bits per heavy atom. The molecule has 2 heteroatoms. The standard InChI is InChI=1S/C12H28N2/c1-5-8-12(9-6-2)14(7-3)10-11(4)13/h11-12H,5-10,13H2,1-4H3. The zero-order valence-corrected chi connectivity index (χ0v) is 10.4. The number of hydrogen-bond acceptors (Lipinski definition) is 2. The maximum atomic E-state index is 5.86. The molecule has 86 valence electrons. The summed E-state index contributed by atoms with van der Waals surface area (Å²) in [5.41, 5.74) is 5.86. The van der Waals surface area contributed by atoms with Crippen LogP contribution in [0.2, 0.25) is 0 Å². The first-order valence-electron chi connectivity index (χ1n) is 6.15. The van der Waals surface area contributed by atoms with Gasteiger partial charge in [0.1, 0.15) is 0 Å². The van der Waals surface area contributed by atoms with Crippen molar-refractivity contribution >= 4 is 0 Å². The minimum atomic E-state index is 0.297. The van der Waals surface area contributed by atoms with Gasteiger partial charge in [-0.1, -0.05) is 33.6 Å². The maximum Gasteiger partial charge on any atom is 0.0139 e. The molecule has 0 aliphatic rings. The van der Waals surface area contributed by atoms with E-state index in [9.17, 15) is 0 Å². The van der Waals surface area contributed by atoms with Crippen LogP contribution in [0.1, 0.15) is 53.4 Å². The minimum Gasteiger partial charge on any atom is -0.327 e. The van der Waals surface area contributed by atoms with Gasteiger partial charge in [0.25, 0.3) is 0 Å². The van der Waals surface area contributed by atoms with Gasteiger partial charge in [-0.05, 0) is 26.3 Å². The second-order valence-corrected chi connectivity index (χ2v) is 4.30. The van der Waals surface area contributed by atoms with Crippen LogP contribution in [0.15, 0.2) is 0 Å². The lowest BCUT2D eigenvalue weighted by atomic mass is 10.0. The quantitative estimate of drug-likeness (QED) is 0.652. The molecule has 0 rings (SSSR count). The molecule has 1 atom stereocenters. The number of hydrogen-bond donors (Lipinski definition) is 1. The van der Waals surface area contributed by atoms with E-state index < -0.39 is 0 Å². The van der Waals surface area contributed by atoms with Crippen LogP contribution >= 0.6 is 0 Å². The van der Waals surface area contributed by atoms with E-state index in [0.29, 0.717) is 6.04 Å². The molecular weight excluding hydrogens is 172 g/mol. The molecule has 0 spiro atoms. The Balaban J connectivity index is 4.10. The number of nitrogens with zero attached hydrogens (tertiary/aromatic N) is 1. The summed E-state index contributed by atoms with van der Waals surface area (Å²) in [5, 5.41) is 0. The summed E-state index contributed by atoms with van der Waals surface area (Å²) in [6.45, 7) is 11.0. The van der Waals surface area contributed by atoms with Crippen LogP contribution in [0, 0.1) is 0 Å². The van der Waals surface area contributed by atoms with E-state index in [1.165, 1.54) is 25.7 Å². The Morgan fingerprint density at radius 1 is 1.07 bits per heavy atom. The van der Waals surface area contributed by atoms with Crippen molar-refractivity contribution in [1.82, 2.24) is 4.90 Å². The molecule has 0 bridgehead atoms. The normalized spacial score (nSPS) is 13.9. The molecule has 2 N–H and O–H groups in total. The summed E-state index contributed by atoms with van der Waals surface area (Å²) in [7, 11) is 0. The summed E-state index contributed by atoms with van der Waals surface area (Å²) in [4.78, 5) is 2.54. The average Bonchev–Trinajstić information content (AvgIpc) is 2.13. The molecule has 0 aliphatic carbocycles. The maximum absolute atomic E-state index is 5.86. The monoisotopic (exact) mass is 200 g/mol. The van der Waals surface area contributed by atoms with Gasteiger partial charge in [-0.2, -0.15) is 0 Å². The molecule has 0 aliphatic heterocycles. The van der Waals surface area contributed by atoms with Crippen LogP contribution in [0.4, 0.5) is 0 Å². The lowest BCUT2D eigenvalue weighted by Crippen LogP contribution is -2.42. The molecular formula is C12H28N2. The zero-order chi connectivity index (χ0) is 11.0. The largest absolute Gasteiger partial charge is 0.327 e. The van der Waals surface area contributed by atoms with Crippen LogP contribution < -0.4 is 5.73 Å². The SMILES string of the molecule is CCCC(CCC)N(CC)CC(C)N. The summed E-state index contributed by atoms with van der Waals surface area (Å²) >= 11 is 0. The number of rotatable bonds is 8. The van der Waals surface area contributed by atoms with Crippen molar-refractivity contribution in [3.63, 3.8) is 0 Å².